The second kappa shape index (κ2) is 11.3. The summed E-state index contributed by atoms with van der Waals surface area (Å²) in [6.07, 6.45) is -6.45. The lowest BCUT2D eigenvalue weighted by molar-refractivity contribution is -0.283. The van der Waals surface area contributed by atoms with Crippen molar-refractivity contribution < 1.29 is 29.5 Å². The van der Waals surface area contributed by atoms with Gasteiger partial charge in [0.2, 0.25) is 6.29 Å². The maximum absolute atomic E-state index is 10.8. The van der Waals surface area contributed by atoms with Crippen molar-refractivity contribution in [3.63, 3.8) is 0 Å². The van der Waals surface area contributed by atoms with Crippen molar-refractivity contribution in [3.8, 4) is 5.75 Å². The number of para-hydroxylation sites is 1. The van der Waals surface area contributed by atoms with E-state index in [1.165, 1.54) is 0 Å². The quantitative estimate of drug-likeness (QED) is 0.320. The molecule has 0 amide bonds. The zero-order chi connectivity index (χ0) is 25.7. The Morgan fingerprint density at radius 1 is 0.568 bits per heavy atom. The van der Waals surface area contributed by atoms with Gasteiger partial charge in [-0.2, -0.15) is 0 Å². The van der Waals surface area contributed by atoms with Gasteiger partial charge in [0.05, 0.1) is 6.61 Å². The Bertz CT molecular complexity index is 1140. The minimum atomic E-state index is -1.48. The first-order chi connectivity index (χ1) is 18.1. The Balaban J connectivity index is 1.49. The van der Waals surface area contributed by atoms with Crippen LogP contribution in [0.25, 0.3) is 0 Å². The van der Waals surface area contributed by atoms with Crippen LogP contribution in [0, 0.1) is 0 Å². The first-order valence-electron chi connectivity index (χ1n) is 12.3. The number of aliphatic hydroxyl groups excluding tert-OH is 3. The van der Waals surface area contributed by atoms with Gasteiger partial charge < -0.3 is 29.5 Å². The summed E-state index contributed by atoms with van der Waals surface area (Å²) in [6, 6.07) is 38.4. The molecule has 1 saturated heterocycles. The van der Waals surface area contributed by atoms with Gasteiger partial charge in [0.15, 0.2) is 0 Å². The molecule has 5 rings (SSSR count). The van der Waals surface area contributed by atoms with Crippen LogP contribution in [0.15, 0.2) is 121 Å². The lowest BCUT2D eigenvalue weighted by Gasteiger charge is -2.42. The molecule has 0 aromatic heterocycles. The van der Waals surface area contributed by atoms with Crippen LogP contribution in [-0.2, 0) is 15.1 Å². The standard InChI is InChI=1S/C31H30O6/c32-27-26(37-30(29(34)28(27)33)36-25-19-11-4-12-20-25)21-35-31(22-13-5-1-6-14-22,23-15-7-2-8-16-23)24-17-9-3-10-18-24/h1-20,26-30,32-34H,21H2/t26-,27-,28+,29+,30-/m1/s1. The summed E-state index contributed by atoms with van der Waals surface area (Å²) in [6.45, 7) is -0.0850. The van der Waals surface area contributed by atoms with Crippen LogP contribution in [0.4, 0.5) is 0 Å². The van der Waals surface area contributed by atoms with Crippen molar-refractivity contribution >= 4 is 0 Å². The number of benzene rings is 4. The first kappa shape index (κ1) is 25.1. The van der Waals surface area contributed by atoms with Crippen molar-refractivity contribution in [1.29, 1.82) is 0 Å². The molecule has 5 atom stereocenters. The minimum Gasteiger partial charge on any atom is -0.462 e. The van der Waals surface area contributed by atoms with E-state index in [1.54, 1.807) is 24.3 Å². The molecule has 1 heterocycles. The van der Waals surface area contributed by atoms with E-state index < -0.39 is 36.3 Å². The fourth-order valence-electron chi connectivity index (χ4n) is 4.76. The highest BCUT2D eigenvalue weighted by Crippen LogP contribution is 2.41. The van der Waals surface area contributed by atoms with Gasteiger partial charge >= 0.3 is 0 Å². The summed E-state index contributed by atoms with van der Waals surface area (Å²) >= 11 is 0. The lowest BCUT2D eigenvalue weighted by Crippen LogP contribution is -2.60. The van der Waals surface area contributed by atoms with Crippen molar-refractivity contribution in [2.45, 2.75) is 36.3 Å². The van der Waals surface area contributed by atoms with E-state index in [2.05, 4.69) is 0 Å². The minimum absolute atomic E-state index is 0.0850. The van der Waals surface area contributed by atoms with E-state index in [-0.39, 0.29) is 6.61 Å². The Hall–Kier alpha value is -3.52. The third kappa shape index (κ3) is 5.16. The highest BCUT2D eigenvalue weighted by molar-refractivity contribution is 5.47. The molecule has 190 valence electrons. The second-order valence-corrected chi connectivity index (χ2v) is 9.04. The number of ether oxygens (including phenoxy) is 3. The molecule has 6 nitrogen and oxygen atoms in total. The third-order valence-electron chi connectivity index (χ3n) is 6.67. The molecule has 0 spiro atoms. The Morgan fingerprint density at radius 3 is 1.46 bits per heavy atom. The predicted molar refractivity (Wildman–Crippen MR) is 139 cm³/mol. The van der Waals surface area contributed by atoms with Crippen LogP contribution in [-0.4, -0.2) is 52.6 Å². The summed E-state index contributed by atoms with van der Waals surface area (Å²) < 4.78 is 18.5. The van der Waals surface area contributed by atoms with Gasteiger partial charge in [0, 0.05) is 0 Å². The van der Waals surface area contributed by atoms with E-state index in [4.69, 9.17) is 14.2 Å². The molecule has 1 aliphatic heterocycles. The fraction of sp³-hybridized carbons (Fsp3) is 0.226. The molecule has 0 aliphatic carbocycles. The molecule has 0 radical (unpaired) electrons. The topological polar surface area (TPSA) is 88.4 Å². The molecule has 4 aromatic carbocycles. The average molecular weight is 499 g/mol. The molecule has 0 unspecified atom stereocenters. The monoisotopic (exact) mass is 498 g/mol. The Kier molecular flexibility index (Phi) is 7.65. The SMILES string of the molecule is O[C@@H]1[C@H](O)[C@H](Oc2ccccc2)O[C@H](COC(c2ccccc2)(c2ccccc2)c2ccccc2)[C@H]1O. The Morgan fingerprint density at radius 2 is 1.00 bits per heavy atom. The van der Waals surface area contributed by atoms with Crippen LogP contribution in [0.2, 0.25) is 0 Å². The maximum atomic E-state index is 10.8. The van der Waals surface area contributed by atoms with Crippen LogP contribution >= 0.6 is 0 Å². The van der Waals surface area contributed by atoms with Crippen molar-refractivity contribution in [2.75, 3.05) is 6.61 Å². The normalized spacial score (nSPS) is 23.9. The molecular weight excluding hydrogens is 468 g/mol. The van der Waals surface area contributed by atoms with Gasteiger partial charge in [-0.05, 0) is 28.8 Å². The van der Waals surface area contributed by atoms with E-state index in [1.807, 2.05) is 97.1 Å². The molecule has 6 heteroatoms. The largest absolute Gasteiger partial charge is 0.462 e. The van der Waals surface area contributed by atoms with Crippen LogP contribution in [0.3, 0.4) is 0 Å². The van der Waals surface area contributed by atoms with Crippen LogP contribution in [0.1, 0.15) is 16.7 Å². The van der Waals surface area contributed by atoms with Gasteiger partial charge in [-0.3, -0.25) is 0 Å². The number of hydrogen-bond donors (Lipinski definition) is 3. The molecule has 37 heavy (non-hydrogen) atoms. The van der Waals surface area contributed by atoms with Crippen molar-refractivity contribution in [3.05, 3.63) is 138 Å². The number of rotatable bonds is 8. The van der Waals surface area contributed by atoms with Gasteiger partial charge in [0.1, 0.15) is 35.8 Å². The molecule has 0 bridgehead atoms. The highest BCUT2D eigenvalue weighted by atomic mass is 16.7. The summed E-state index contributed by atoms with van der Waals surface area (Å²) in [7, 11) is 0. The van der Waals surface area contributed by atoms with Crippen LogP contribution < -0.4 is 4.74 Å². The zero-order valence-corrected chi connectivity index (χ0v) is 20.2. The van der Waals surface area contributed by atoms with Crippen molar-refractivity contribution in [2.24, 2.45) is 0 Å². The van der Waals surface area contributed by atoms with Gasteiger partial charge in [0.25, 0.3) is 0 Å². The fourth-order valence-corrected chi connectivity index (χ4v) is 4.76. The summed E-state index contributed by atoms with van der Waals surface area (Å²) in [5.74, 6) is 0.474. The maximum Gasteiger partial charge on any atom is 0.229 e. The molecule has 3 N–H and O–H groups in total. The van der Waals surface area contributed by atoms with Crippen molar-refractivity contribution in [1.82, 2.24) is 0 Å². The predicted octanol–water partition coefficient (Wildman–Crippen LogP) is 3.88. The van der Waals surface area contributed by atoms with Gasteiger partial charge in [-0.15, -0.1) is 0 Å². The van der Waals surface area contributed by atoms with E-state index in [0.717, 1.165) is 16.7 Å². The smallest absolute Gasteiger partial charge is 0.229 e. The molecular formula is C31H30O6. The van der Waals surface area contributed by atoms with Crippen LogP contribution in [0.5, 0.6) is 5.75 Å². The number of hydrogen-bond acceptors (Lipinski definition) is 6. The lowest BCUT2D eigenvalue weighted by atomic mass is 9.80. The Labute approximate surface area is 216 Å². The first-order valence-corrected chi connectivity index (χ1v) is 12.3. The third-order valence-corrected chi connectivity index (χ3v) is 6.67. The highest BCUT2D eigenvalue weighted by Gasteiger charge is 2.47. The zero-order valence-electron chi connectivity index (χ0n) is 20.2. The number of aliphatic hydroxyl groups is 3. The molecule has 0 saturated carbocycles. The van der Waals surface area contributed by atoms with Gasteiger partial charge in [-0.25, -0.2) is 0 Å². The molecule has 1 fully saturated rings. The second-order valence-electron chi connectivity index (χ2n) is 9.04. The average Bonchev–Trinajstić information content (AvgIpc) is 2.96. The van der Waals surface area contributed by atoms with E-state index >= 15 is 0 Å². The van der Waals surface area contributed by atoms with Gasteiger partial charge in [-0.1, -0.05) is 109 Å². The summed E-state index contributed by atoms with van der Waals surface area (Å²) in [4.78, 5) is 0. The summed E-state index contributed by atoms with van der Waals surface area (Å²) in [5.41, 5.74) is 1.67. The molecule has 4 aromatic rings. The van der Waals surface area contributed by atoms with E-state index in [0.29, 0.717) is 5.75 Å². The van der Waals surface area contributed by atoms with E-state index in [9.17, 15) is 15.3 Å². The molecule has 1 aliphatic rings. The summed E-state index contributed by atoms with van der Waals surface area (Å²) in [5, 5.41) is 32.0.